The molecule has 1 N–H and O–H groups in total. The van der Waals surface area contributed by atoms with Crippen molar-refractivity contribution < 1.29 is 13.9 Å². The van der Waals surface area contributed by atoms with Gasteiger partial charge in [0, 0.05) is 12.1 Å². The number of aryl methyl sites for hydroxylation is 1. The van der Waals surface area contributed by atoms with Crippen molar-refractivity contribution in [3.8, 4) is 0 Å². The van der Waals surface area contributed by atoms with E-state index in [1.54, 1.807) is 0 Å². The van der Waals surface area contributed by atoms with Crippen molar-refractivity contribution in [3.63, 3.8) is 0 Å². The maximum absolute atomic E-state index is 13.5. The molecule has 0 aliphatic rings. The third kappa shape index (κ3) is 3.00. The average molecular weight is 229 g/mol. The van der Waals surface area contributed by atoms with Gasteiger partial charge < -0.3 is 10.0 Å². The van der Waals surface area contributed by atoms with Crippen LogP contribution in [0.4, 0.5) is 8.78 Å². The zero-order valence-electron chi connectivity index (χ0n) is 9.80. The Kier molecular flexibility index (Phi) is 4.38. The van der Waals surface area contributed by atoms with Crippen LogP contribution in [0.1, 0.15) is 23.7 Å². The molecule has 0 fully saturated rings. The van der Waals surface area contributed by atoms with Crippen molar-refractivity contribution in [1.29, 1.82) is 0 Å². The van der Waals surface area contributed by atoms with E-state index in [9.17, 15) is 13.9 Å². The Bertz CT molecular complexity index is 366. The van der Waals surface area contributed by atoms with Crippen LogP contribution < -0.4 is 0 Å². The summed E-state index contributed by atoms with van der Waals surface area (Å²) in [6, 6.07) is 2.92. The highest BCUT2D eigenvalue weighted by Crippen LogP contribution is 2.23. The molecule has 0 radical (unpaired) electrons. The van der Waals surface area contributed by atoms with Crippen LogP contribution in [-0.4, -0.2) is 30.6 Å². The molecule has 0 saturated heterocycles. The van der Waals surface area contributed by atoms with Gasteiger partial charge in [-0.25, -0.2) is 8.78 Å². The van der Waals surface area contributed by atoms with Crippen LogP contribution in [-0.2, 0) is 0 Å². The Morgan fingerprint density at radius 3 is 2.44 bits per heavy atom. The second kappa shape index (κ2) is 5.37. The fourth-order valence-corrected chi connectivity index (χ4v) is 1.45. The summed E-state index contributed by atoms with van der Waals surface area (Å²) in [6.07, 6.45) is -0.579. The maximum Gasteiger partial charge on any atom is 0.164 e. The van der Waals surface area contributed by atoms with E-state index >= 15 is 0 Å². The summed E-state index contributed by atoms with van der Waals surface area (Å²) in [5, 5.41) is 9.73. The minimum Gasteiger partial charge on any atom is -0.388 e. The molecule has 1 unspecified atom stereocenters. The topological polar surface area (TPSA) is 23.5 Å². The number of benzene rings is 1. The van der Waals surface area contributed by atoms with Gasteiger partial charge in [0.25, 0.3) is 0 Å². The molecule has 1 atom stereocenters. The Balaban J connectivity index is 2.84. The van der Waals surface area contributed by atoms with E-state index in [0.717, 1.165) is 0 Å². The Labute approximate surface area is 94.5 Å². The fraction of sp³-hybridized carbons (Fsp3) is 0.500. The van der Waals surface area contributed by atoms with Crippen molar-refractivity contribution in [2.45, 2.75) is 19.4 Å². The highest BCUT2D eigenvalue weighted by Gasteiger charge is 2.17. The highest BCUT2D eigenvalue weighted by molar-refractivity contribution is 5.26. The van der Waals surface area contributed by atoms with Gasteiger partial charge in [-0.2, -0.15) is 0 Å². The zero-order chi connectivity index (χ0) is 12.3. The molecule has 0 aromatic heterocycles. The SMILES string of the molecule is Cc1ccc(C(O)CCN(C)C)c(F)c1F. The number of aliphatic hydroxyl groups excluding tert-OH is 1. The summed E-state index contributed by atoms with van der Waals surface area (Å²) in [5.41, 5.74) is 0.283. The zero-order valence-corrected chi connectivity index (χ0v) is 9.80. The van der Waals surface area contributed by atoms with E-state index in [4.69, 9.17) is 0 Å². The molecule has 1 aromatic rings. The summed E-state index contributed by atoms with van der Waals surface area (Å²) in [6.45, 7) is 2.12. The van der Waals surface area contributed by atoms with Crippen molar-refractivity contribution >= 4 is 0 Å². The van der Waals surface area contributed by atoms with Crippen LogP contribution in [0.3, 0.4) is 0 Å². The number of nitrogens with zero attached hydrogens (tertiary/aromatic N) is 1. The molecular weight excluding hydrogens is 212 g/mol. The molecule has 0 heterocycles. The molecule has 1 rings (SSSR count). The van der Waals surface area contributed by atoms with E-state index in [-0.39, 0.29) is 11.1 Å². The number of halogens is 2. The first-order chi connectivity index (χ1) is 7.43. The first-order valence-electron chi connectivity index (χ1n) is 5.20. The lowest BCUT2D eigenvalue weighted by Crippen LogP contribution is -2.16. The molecule has 0 bridgehead atoms. The van der Waals surface area contributed by atoms with Crippen LogP contribution in [0.25, 0.3) is 0 Å². The van der Waals surface area contributed by atoms with Gasteiger partial charge in [-0.15, -0.1) is 0 Å². The van der Waals surface area contributed by atoms with E-state index in [0.29, 0.717) is 13.0 Å². The summed E-state index contributed by atoms with van der Waals surface area (Å²) >= 11 is 0. The predicted molar refractivity (Wildman–Crippen MR) is 59.2 cm³/mol. The summed E-state index contributed by atoms with van der Waals surface area (Å²) in [5.74, 6) is -1.81. The van der Waals surface area contributed by atoms with E-state index < -0.39 is 17.7 Å². The Hall–Kier alpha value is -1.00. The first kappa shape index (κ1) is 13.1. The van der Waals surface area contributed by atoms with Gasteiger partial charge in [0.2, 0.25) is 0 Å². The molecule has 0 aliphatic carbocycles. The Morgan fingerprint density at radius 2 is 1.88 bits per heavy atom. The minimum absolute atomic E-state index is 0.0324. The molecule has 0 aliphatic heterocycles. The number of hydrogen-bond donors (Lipinski definition) is 1. The third-order valence-electron chi connectivity index (χ3n) is 2.51. The van der Waals surface area contributed by atoms with Crippen molar-refractivity contribution in [2.75, 3.05) is 20.6 Å². The monoisotopic (exact) mass is 229 g/mol. The third-order valence-corrected chi connectivity index (χ3v) is 2.51. The molecule has 0 saturated carbocycles. The van der Waals surface area contributed by atoms with Gasteiger partial charge in [0.15, 0.2) is 11.6 Å². The van der Waals surface area contributed by atoms with Gasteiger partial charge in [-0.05, 0) is 33.0 Å². The predicted octanol–water partition coefficient (Wildman–Crippen LogP) is 2.26. The standard InChI is InChI=1S/C12H17F2NO/c1-8-4-5-9(12(14)11(8)13)10(16)6-7-15(2)3/h4-5,10,16H,6-7H2,1-3H3. The van der Waals surface area contributed by atoms with Crippen LogP contribution in [0.15, 0.2) is 12.1 Å². The molecule has 1 aromatic carbocycles. The van der Waals surface area contributed by atoms with Crippen LogP contribution in [0.5, 0.6) is 0 Å². The molecule has 2 nitrogen and oxygen atoms in total. The fourth-order valence-electron chi connectivity index (χ4n) is 1.45. The van der Waals surface area contributed by atoms with E-state index in [1.165, 1.54) is 19.1 Å². The van der Waals surface area contributed by atoms with Gasteiger partial charge in [-0.1, -0.05) is 12.1 Å². The summed E-state index contributed by atoms with van der Waals surface area (Å²) < 4.78 is 26.7. The van der Waals surface area contributed by atoms with E-state index in [2.05, 4.69) is 0 Å². The van der Waals surface area contributed by atoms with Crippen LogP contribution >= 0.6 is 0 Å². The maximum atomic E-state index is 13.5. The van der Waals surface area contributed by atoms with Gasteiger partial charge in [0.05, 0.1) is 6.10 Å². The van der Waals surface area contributed by atoms with Gasteiger partial charge in [-0.3, -0.25) is 0 Å². The number of aliphatic hydroxyl groups is 1. The summed E-state index contributed by atoms with van der Waals surface area (Å²) in [7, 11) is 3.72. The normalized spacial score (nSPS) is 13.2. The molecule has 16 heavy (non-hydrogen) atoms. The average Bonchev–Trinajstić information content (AvgIpc) is 2.23. The van der Waals surface area contributed by atoms with E-state index in [1.807, 2.05) is 19.0 Å². The molecular formula is C12H17F2NO. The largest absolute Gasteiger partial charge is 0.388 e. The molecule has 0 amide bonds. The smallest absolute Gasteiger partial charge is 0.164 e. The van der Waals surface area contributed by atoms with Crippen LogP contribution in [0.2, 0.25) is 0 Å². The van der Waals surface area contributed by atoms with Crippen molar-refractivity contribution in [2.24, 2.45) is 0 Å². The van der Waals surface area contributed by atoms with Crippen molar-refractivity contribution in [3.05, 3.63) is 34.9 Å². The summed E-state index contributed by atoms with van der Waals surface area (Å²) in [4.78, 5) is 1.88. The first-order valence-corrected chi connectivity index (χ1v) is 5.20. The lowest BCUT2D eigenvalue weighted by atomic mass is 10.0. The van der Waals surface area contributed by atoms with Gasteiger partial charge >= 0.3 is 0 Å². The molecule has 90 valence electrons. The number of hydrogen-bond acceptors (Lipinski definition) is 2. The van der Waals surface area contributed by atoms with Crippen LogP contribution in [0, 0.1) is 18.6 Å². The quantitative estimate of drug-likeness (QED) is 0.856. The number of rotatable bonds is 4. The highest BCUT2D eigenvalue weighted by atomic mass is 19.2. The molecule has 0 spiro atoms. The van der Waals surface area contributed by atoms with Gasteiger partial charge in [0.1, 0.15) is 0 Å². The lowest BCUT2D eigenvalue weighted by Gasteiger charge is -2.15. The molecule has 4 heteroatoms. The second-order valence-corrected chi connectivity index (χ2v) is 4.21. The lowest BCUT2D eigenvalue weighted by molar-refractivity contribution is 0.149. The second-order valence-electron chi connectivity index (χ2n) is 4.21. The van der Waals surface area contributed by atoms with Crippen molar-refractivity contribution in [1.82, 2.24) is 4.90 Å². The minimum atomic E-state index is -0.961. The Morgan fingerprint density at radius 1 is 1.25 bits per heavy atom.